The zero-order chi connectivity index (χ0) is 16.7. The van der Waals surface area contributed by atoms with Gasteiger partial charge in [0.15, 0.2) is 0 Å². The van der Waals surface area contributed by atoms with Gasteiger partial charge in [0.05, 0.1) is 4.88 Å². The number of rotatable bonds is 2. The third kappa shape index (κ3) is 2.89. The first-order valence-electron chi connectivity index (χ1n) is 8.82. The number of amides is 1. The van der Waals surface area contributed by atoms with Gasteiger partial charge < -0.3 is 9.80 Å². The molecule has 4 heteroatoms. The molecule has 126 valence electrons. The van der Waals surface area contributed by atoms with Gasteiger partial charge in [-0.3, -0.25) is 4.79 Å². The normalized spacial score (nSPS) is 18.0. The van der Waals surface area contributed by atoms with E-state index < -0.39 is 0 Å². The predicted octanol–water partition coefficient (Wildman–Crippen LogP) is 3.95. The molecule has 0 bridgehead atoms. The first-order chi connectivity index (χ1) is 11.6. The molecule has 0 N–H and O–H groups in total. The van der Waals surface area contributed by atoms with Crippen molar-refractivity contribution in [3.63, 3.8) is 0 Å². The Morgan fingerprint density at radius 3 is 2.67 bits per heavy atom. The van der Waals surface area contributed by atoms with Crippen molar-refractivity contribution in [1.29, 1.82) is 0 Å². The van der Waals surface area contributed by atoms with E-state index in [2.05, 4.69) is 43.1 Å². The Hall–Kier alpha value is -1.65. The highest BCUT2D eigenvalue weighted by Gasteiger charge is 2.23. The molecular weight excluding hydrogens is 316 g/mol. The minimum Gasteiger partial charge on any atom is -0.338 e. The summed E-state index contributed by atoms with van der Waals surface area (Å²) in [5.74, 6) is 0.221. The number of carbonyl (C=O) groups is 1. The molecule has 0 atom stereocenters. The second kappa shape index (κ2) is 6.34. The molecular formula is C20H24N2OS. The molecule has 0 saturated carbocycles. The van der Waals surface area contributed by atoms with Crippen molar-refractivity contribution in [3.8, 4) is 10.4 Å². The van der Waals surface area contributed by atoms with Crippen LogP contribution in [0.2, 0.25) is 0 Å². The van der Waals surface area contributed by atoms with Crippen LogP contribution in [-0.4, -0.2) is 42.4 Å². The Morgan fingerprint density at radius 2 is 1.88 bits per heavy atom. The Morgan fingerprint density at radius 1 is 1.08 bits per heavy atom. The standard InChI is InChI=1S/C20H24N2OS/c1-14-11-18(24-19(14)20(23)22-8-3-4-9-22)16-6-5-15-7-10-21(2)13-17(15)12-16/h5-6,11-12H,3-4,7-10,13H2,1-2H3. The maximum Gasteiger partial charge on any atom is 0.264 e. The van der Waals surface area contributed by atoms with Crippen LogP contribution in [0, 0.1) is 6.92 Å². The summed E-state index contributed by atoms with van der Waals surface area (Å²) in [5, 5.41) is 0. The van der Waals surface area contributed by atoms with E-state index in [4.69, 9.17) is 0 Å². The average Bonchev–Trinajstić information content (AvgIpc) is 3.23. The second-order valence-electron chi connectivity index (χ2n) is 7.09. The lowest BCUT2D eigenvalue weighted by molar-refractivity contribution is 0.0797. The van der Waals surface area contributed by atoms with Crippen LogP contribution in [0.5, 0.6) is 0 Å². The monoisotopic (exact) mass is 340 g/mol. The Labute approximate surface area is 147 Å². The van der Waals surface area contributed by atoms with Gasteiger partial charge in [0.25, 0.3) is 5.91 Å². The molecule has 2 aliphatic rings. The molecule has 3 heterocycles. The first kappa shape index (κ1) is 15.9. The van der Waals surface area contributed by atoms with Gasteiger partial charge in [0.2, 0.25) is 0 Å². The van der Waals surface area contributed by atoms with Crippen molar-refractivity contribution < 1.29 is 4.79 Å². The Kier molecular flexibility index (Phi) is 4.19. The number of hydrogen-bond donors (Lipinski definition) is 0. The van der Waals surface area contributed by atoms with Crippen LogP contribution in [-0.2, 0) is 13.0 Å². The van der Waals surface area contributed by atoms with E-state index in [1.807, 2.05) is 4.90 Å². The number of thiophene rings is 1. The summed E-state index contributed by atoms with van der Waals surface area (Å²) in [7, 11) is 2.18. The summed E-state index contributed by atoms with van der Waals surface area (Å²) >= 11 is 1.65. The largest absolute Gasteiger partial charge is 0.338 e. The van der Waals surface area contributed by atoms with Gasteiger partial charge in [-0.1, -0.05) is 12.1 Å². The van der Waals surface area contributed by atoms with Crippen LogP contribution < -0.4 is 0 Å². The molecule has 0 spiro atoms. The fourth-order valence-corrected chi connectivity index (χ4v) is 4.89. The molecule has 3 nitrogen and oxygen atoms in total. The third-order valence-electron chi connectivity index (χ3n) is 5.20. The molecule has 0 unspecified atom stereocenters. The smallest absolute Gasteiger partial charge is 0.264 e. The lowest BCUT2D eigenvalue weighted by Crippen LogP contribution is -2.27. The molecule has 24 heavy (non-hydrogen) atoms. The van der Waals surface area contributed by atoms with Crippen molar-refractivity contribution in [2.45, 2.75) is 32.7 Å². The maximum atomic E-state index is 12.7. The quantitative estimate of drug-likeness (QED) is 0.826. The van der Waals surface area contributed by atoms with E-state index >= 15 is 0 Å². The molecule has 2 aliphatic heterocycles. The molecule has 1 amide bonds. The number of nitrogens with zero attached hydrogens (tertiary/aromatic N) is 2. The van der Waals surface area contributed by atoms with Crippen molar-refractivity contribution >= 4 is 17.2 Å². The van der Waals surface area contributed by atoms with Gasteiger partial charge in [-0.15, -0.1) is 11.3 Å². The van der Waals surface area contributed by atoms with Crippen LogP contribution in [0.4, 0.5) is 0 Å². The molecule has 1 aromatic heterocycles. The number of likely N-dealkylation sites (N-methyl/N-ethyl adjacent to an activating group) is 1. The summed E-state index contributed by atoms with van der Waals surface area (Å²) in [6.07, 6.45) is 3.41. The summed E-state index contributed by atoms with van der Waals surface area (Å²) in [4.78, 5) is 19.2. The minimum absolute atomic E-state index is 0.221. The number of fused-ring (bicyclic) bond motifs is 1. The van der Waals surface area contributed by atoms with E-state index in [1.165, 1.54) is 21.6 Å². The number of carbonyl (C=O) groups excluding carboxylic acids is 1. The summed E-state index contributed by atoms with van der Waals surface area (Å²) in [5.41, 5.74) is 5.26. The Bertz CT molecular complexity index is 774. The maximum absolute atomic E-state index is 12.7. The van der Waals surface area contributed by atoms with Gasteiger partial charge in [-0.25, -0.2) is 0 Å². The van der Waals surface area contributed by atoms with E-state index in [1.54, 1.807) is 11.3 Å². The number of aryl methyl sites for hydroxylation is 1. The highest BCUT2D eigenvalue weighted by molar-refractivity contribution is 7.17. The summed E-state index contributed by atoms with van der Waals surface area (Å²) in [6, 6.07) is 9.00. The van der Waals surface area contributed by atoms with Crippen LogP contribution in [0.1, 0.15) is 39.2 Å². The van der Waals surface area contributed by atoms with Crippen molar-refractivity contribution in [2.24, 2.45) is 0 Å². The first-order valence-corrected chi connectivity index (χ1v) is 9.64. The topological polar surface area (TPSA) is 23.6 Å². The highest BCUT2D eigenvalue weighted by Crippen LogP contribution is 2.34. The Balaban J connectivity index is 1.64. The molecule has 2 aromatic rings. The number of likely N-dealkylation sites (tertiary alicyclic amines) is 1. The average molecular weight is 340 g/mol. The van der Waals surface area contributed by atoms with Crippen LogP contribution in [0.25, 0.3) is 10.4 Å². The summed E-state index contributed by atoms with van der Waals surface area (Å²) < 4.78 is 0. The van der Waals surface area contributed by atoms with Gasteiger partial charge in [0.1, 0.15) is 0 Å². The van der Waals surface area contributed by atoms with Crippen LogP contribution >= 0.6 is 11.3 Å². The zero-order valence-electron chi connectivity index (χ0n) is 14.5. The van der Waals surface area contributed by atoms with E-state index in [0.29, 0.717) is 0 Å². The predicted molar refractivity (Wildman–Crippen MR) is 99.7 cm³/mol. The minimum atomic E-state index is 0.221. The van der Waals surface area contributed by atoms with E-state index in [9.17, 15) is 4.79 Å². The molecule has 0 aliphatic carbocycles. The summed E-state index contributed by atoms with van der Waals surface area (Å²) in [6.45, 7) is 6.05. The fourth-order valence-electron chi connectivity index (χ4n) is 3.75. The third-order valence-corrected chi connectivity index (χ3v) is 6.47. The van der Waals surface area contributed by atoms with Crippen LogP contribution in [0.3, 0.4) is 0 Å². The van der Waals surface area contributed by atoms with Gasteiger partial charge >= 0.3 is 0 Å². The fraction of sp³-hybridized carbons (Fsp3) is 0.450. The highest BCUT2D eigenvalue weighted by atomic mass is 32.1. The van der Waals surface area contributed by atoms with Crippen molar-refractivity contribution in [3.05, 3.63) is 45.8 Å². The zero-order valence-corrected chi connectivity index (χ0v) is 15.3. The van der Waals surface area contributed by atoms with Gasteiger partial charge in [-0.05, 0) is 67.6 Å². The van der Waals surface area contributed by atoms with Crippen LogP contribution in [0.15, 0.2) is 24.3 Å². The van der Waals surface area contributed by atoms with Crippen molar-refractivity contribution in [1.82, 2.24) is 9.80 Å². The lowest BCUT2D eigenvalue weighted by Gasteiger charge is -2.25. The van der Waals surface area contributed by atoms with E-state index in [0.717, 1.165) is 55.9 Å². The second-order valence-corrected chi connectivity index (χ2v) is 8.15. The molecule has 0 radical (unpaired) electrons. The van der Waals surface area contributed by atoms with Crippen molar-refractivity contribution in [2.75, 3.05) is 26.7 Å². The lowest BCUT2D eigenvalue weighted by atomic mass is 9.97. The van der Waals surface area contributed by atoms with Gasteiger partial charge in [-0.2, -0.15) is 0 Å². The SMILES string of the molecule is Cc1cc(-c2ccc3c(c2)CN(C)CC3)sc1C(=O)N1CCCC1. The molecule has 1 fully saturated rings. The molecule has 1 aromatic carbocycles. The molecule has 4 rings (SSSR count). The number of benzene rings is 1. The van der Waals surface area contributed by atoms with Gasteiger partial charge in [0, 0.05) is 31.1 Å². The molecule has 1 saturated heterocycles. The van der Waals surface area contributed by atoms with E-state index in [-0.39, 0.29) is 5.91 Å². The number of hydrogen-bond acceptors (Lipinski definition) is 3.